The van der Waals surface area contributed by atoms with E-state index in [2.05, 4.69) is 36.8 Å². The van der Waals surface area contributed by atoms with Crippen LogP contribution < -0.4 is 0 Å². The number of hydrogen-bond acceptors (Lipinski definition) is 3. The molecule has 3 nitrogen and oxygen atoms in total. The van der Waals surface area contributed by atoms with E-state index in [0.29, 0.717) is 6.42 Å². The van der Waals surface area contributed by atoms with Crippen LogP contribution in [0, 0.1) is 13.8 Å². The SMILES string of the molecule is Cc1cccc(Cl)c1Sc1[nH]c(C)c(C(O)Cc2ccncc2)c1C(C)C. The summed E-state index contributed by atoms with van der Waals surface area (Å²) in [4.78, 5) is 8.60. The number of benzene rings is 1. The zero-order chi connectivity index (χ0) is 19.6. The van der Waals surface area contributed by atoms with Crippen molar-refractivity contribution in [2.24, 2.45) is 0 Å². The van der Waals surface area contributed by atoms with Crippen molar-refractivity contribution in [3.63, 3.8) is 0 Å². The molecule has 142 valence electrons. The normalized spacial score (nSPS) is 12.6. The maximum atomic E-state index is 11.0. The molecule has 0 aliphatic heterocycles. The predicted molar refractivity (Wildman–Crippen MR) is 113 cm³/mol. The molecule has 0 aliphatic rings. The zero-order valence-electron chi connectivity index (χ0n) is 16.1. The summed E-state index contributed by atoms with van der Waals surface area (Å²) in [5.41, 5.74) is 5.39. The van der Waals surface area contributed by atoms with Gasteiger partial charge in [-0.15, -0.1) is 0 Å². The fraction of sp³-hybridized carbons (Fsp3) is 0.318. The Labute approximate surface area is 170 Å². The number of halogens is 1. The summed E-state index contributed by atoms with van der Waals surface area (Å²) in [6, 6.07) is 9.85. The molecule has 0 amide bonds. The highest BCUT2D eigenvalue weighted by atomic mass is 35.5. The van der Waals surface area contributed by atoms with Crippen LogP contribution in [0.2, 0.25) is 5.02 Å². The number of aromatic amines is 1. The summed E-state index contributed by atoms with van der Waals surface area (Å²) < 4.78 is 0. The van der Waals surface area contributed by atoms with E-state index in [0.717, 1.165) is 37.3 Å². The molecule has 3 rings (SSSR count). The van der Waals surface area contributed by atoms with Crippen LogP contribution in [-0.2, 0) is 6.42 Å². The first-order valence-corrected chi connectivity index (χ1v) is 10.3. The highest BCUT2D eigenvalue weighted by Gasteiger charge is 2.24. The number of hydrogen-bond donors (Lipinski definition) is 2. The second-order valence-electron chi connectivity index (χ2n) is 7.12. The van der Waals surface area contributed by atoms with Gasteiger partial charge < -0.3 is 10.1 Å². The fourth-order valence-electron chi connectivity index (χ4n) is 3.40. The van der Waals surface area contributed by atoms with Crippen molar-refractivity contribution < 1.29 is 5.11 Å². The lowest BCUT2D eigenvalue weighted by atomic mass is 9.93. The minimum absolute atomic E-state index is 0.280. The van der Waals surface area contributed by atoms with Gasteiger partial charge in [0.2, 0.25) is 0 Å². The minimum Gasteiger partial charge on any atom is -0.388 e. The van der Waals surface area contributed by atoms with Crippen LogP contribution in [0.4, 0.5) is 0 Å². The Bertz CT molecular complexity index is 901. The molecule has 2 aromatic heterocycles. The third-order valence-corrected chi connectivity index (χ3v) is 6.40. The van der Waals surface area contributed by atoms with Crippen molar-refractivity contribution in [2.45, 2.75) is 56.1 Å². The van der Waals surface area contributed by atoms with Crippen LogP contribution in [0.25, 0.3) is 0 Å². The molecule has 0 radical (unpaired) electrons. The van der Waals surface area contributed by atoms with Gasteiger partial charge in [0.05, 0.1) is 16.2 Å². The molecule has 0 fully saturated rings. The van der Waals surface area contributed by atoms with Gasteiger partial charge in [-0.25, -0.2) is 0 Å². The number of nitrogens with zero attached hydrogens (tertiary/aromatic N) is 1. The smallest absolute Gasteiger partial charge is 0.0850 e. The van der Waals surface area contributed by atoms with E-state index in [4.69, 9.17) is 11.6 Å². The molecular formula is C22H25ClN2OS. The van der Waals surface area contributed by atoms with E-state index in [-0.39, 0.29) is 5.92 Å². The summed E-state index contributed by atoms with van der Waals surface area (Å²) in [6.07, 6.45) is 3.52. The first-order valence-electron chi connectivity index (χ1n) is 9.10. The third kappa shape index (κ3) is 4.40. The summed E-state index contributed by atoms with van der Waals surface area (Å²) in [5.74, 6) is 0.280. The van der Waals surface area contributed by atoms with Crippen LogP contribution in [-0.4, -0.2) is 15.1 Å². The first-order chi connectivity index (χ1) is 12.9. The minimum atomic E-state index is -0.567. The Balaban J connectivity index is 1.98. The fourth-order valence-corrected chi connectivity index (χ4v) is 5.00. The monoisotopic (exact) mass is 400 g/mol. The largest absolute Gasteiger partial charge is 0.388 e. The standard InChI is InChI=1S/C22H25ClN2OS/c1-13(2)19-20(18(26)12-16-8-10-24-11-9-16)15(4)25-22(19)27-21-14(3)6-5-7-17(21)23/h5-11,13,18,25-26H,12H2,1-4H3. The van der Waals surface area contributed by atoms with Crippen LogP contribution in [0.5, 0.6) is 0 Å². The summed E-state index contributed by atoms with van der Waals surface area (Å²) >= 11 is 8.08. The zero-order valence-corrected chi connectivity index (χ0v) is 17.7. The lowest BCUT2D eigenvalue weighted by Gasteiger charge is -2.17. The molecule has 2 N–H and O–H groups in total. The predicted octanol–water partition coefficient (Wildman–Crippen LogP) is 6.23. The summed E-state index contributed by atoms with van der Waals surface area (Å²) in [7, 11) is 0. The molecule has 5 heteroatoms. The van der Waals surface area contributed by atoms with Crippen molar-refractivity contribution in [3.8, 4) is 0 Å². The van der Waals surface area contributed by atoms with Gasteiger partial charge in [0.25, 0.3) is 0 Å². The quantitative estimate of drug-likeness (QED) is 0.515. The maximum Gasteiger partial charge on any atom is 0.0850 e. The van der Waals surface area contributed by atoms with Crippen LogP contribution in [0.15, 0.2) is 52.6 Å². The van der Waals surface area contributed by atoms with Crippen LogP contribution >= 0.6 is 23.4 Å². The molecule has 27 heavy (non-hydrogen) atoms. The molecule has 0 saturated carbocycles. The van der Waals surface area contributed by atoms with Gasteiger partial charge in [0, 0.05) is 35.0 Å². The number of aliphatic hydroxyl groups is 1. The number of aromatic nitrogens is 2. The van der Waals surface area contributed by atoms with Crippen molar-refractivity contribution in [3.05, 3.63) is 75.7 Å². The molecule has 1 atom stereocenters. The van der Waals surface area contributed by atoms with Gasteiger partial charge in [-0.3, -0.25) is 4.98 Å². The molecule has 1 unspecified atom stereocenters. The van der Waals surface area contributed by atoms with Crippen molar-refractivity contribution in [2.75, 3.05) is 0 Å². The molecule has 0 saturated heterocycles. The number of nitrogens with one attached hydrogen (secondary N) is 1. The van der Waals surface area contributed by atoms with E-state index in [9.17, 15) is 5.11 Å². The number of H-pyrrole nitrogens is 1. The van der Waals surface area contributed by atoms with Crippen molar-refractivity contribution >= 4 is 23.4 Å². The molecule has 1 aromatic carbocycles. The third-order valence-electron chi connectivity index (χ3n) is 4.70. The van der Waals surface area contributed by atoms with Gasteiger partial charge in [0.15, 0.2) is 0 Å². The van der Waals surface area contributed by atoms with E-state index in [1.54, 1.807) is 24.2 Å². The van der Waals surface area contributed by atoms with Crippen LogP contribution in [0.1, 0.15) is 53.8 Å². The first kappa shape index (κ1) is 20.0. The second kappa shape index (κ2) is 8.51. The number of aryl methyl sites for hydroxylation is 2. The molecule has 0 bridgehead atoms. The van der Waals surface area contributed by atoms with E-state index < -0.39 is 6.10 Å². The average molecular weight is 401 g/mol. The molecule has 2 heterocycles. The van der Waals surface area contributed by atoms with E-state index in [1.165, 1.54) is 5.56 Å². The Kier molecular flexibility index (Phi) is 6.30. The number of aliphatic hydroxyl groups excluding tert-OH is 1. The van der Waals surface area contributed by atoms with Gasteiger partial charge >= 0.3 is 0 Å². The Morgan fingerprint density at radius 3 is 2.44 bits per heavy atom. The Morgan fingerprint density at radius 2 is 1.81 bits per heavy atom. The summed E-state index contributed by atoms with van der Waals surface area (Å²) in [5, 5.41) is 12.8. The topological polar surface area (TPSA) is 48.9 Å². The molecule has 0 aliphatic carbocycles. The molecular weight excluding hydrogens is 376 g/mol. The van der Waals surface area contributed by atoms with Crippen LogP contribution in [0.3, 0.4) is 0 Å². The van der Waals surface area contributed by atoms with E-state index >= 15 is 0 Å². The highest BCUT2D eigenvalue weighted by Crippen LogP contribution is 2.42. The molecule has 0 spiro atoms. The maximum absolute atomic E-state index is 11.0. The average Bonchev–Trinajstić information content (AvgIpc) is 2.95. The van der Waals surface area contributed by atoms with E-state index in [1.807, 2.05) is 31.2 Å². The lowest BCUT2D eigenvalue weighted by molar-refractivity contribution is 0.176. The second-order valence-corrected chi connectivity index (χ2v) is 8.55. The van der Waals surface area contributed by atoms with Crippen molar-refractivity contribution in [1.82, 2.24) is 9.97 Å². The lowest BCUT2D eigenvalue weighted by Crippen LogP contribution is -2.06. The van der Waals surface area contributed by atoms with Gasteiger partial charge in [-0.2, -0.15) is 0 Å². The number of rotatable bonds is 6. The Morgan fingerprint density at radius 1 is 1.11 bits per heavy atom. The summed E-state index contributed by atoms with van der Waals surface area (Å²) in [6.45, 7) is 8.42. The van der Waals surface area contributed by atoms with Gasteiger partial charge in [-0.1, -0.05) is 49.3 Å². The Hall–Kier alpha value is -1.75. The van der Waals surface area contributed by atoms with Gasteiger partial charge in [-0.05, 0) is 54.7 Å². The highest BCUT2D eigenvalue weighted by molar-refractivity contribution is 7.99. The number of pyridine rings is 1. The van der Waals surface area contributed by atoms with Gasteiger partial charge in [0.1, 0.15) is 0 Å². The van der Waals surface area contributed by atoms with Crippen molar-refractivity contribution in [1.29, 1.82) is 0 Å². The molecule has 3 aromatic rings.